The zero-order valence-electron chi connectivity index (χ0n) is 10.3. The number of carboxylic acids is 1. The monoisotopic (exact) mass is 248 g/mol. The maximum atomic E-state index is 12.0. The third-order valence-corrected chi connectivity index (χ3v) is 3.35. The number of pyridine rings is 1. The molecule has 2 N–H and O–H groups in total. The average molecular weight is 248 g/mol. The van der Waals surface area contributed by atoms with Crippen molar-refractivity contribution in [2.24, 2.45) is 0 Å². The van der Waals surface area contributed by atoms with Crippen molar-refractivity contribution >= 4 is 11.9 Å². The number of nitrogens with one attached hydrogen (secondary N) is 1. The molecule has 5 heteroatoms. The molecule has 1 saturated carbocycles. The number of hydrogen-bond acceptors (Lipinski definition) is 3. The van der Waals surface area contributed by atoms with Gasteiger partial charge in [-0.3, -0.25) is 14.6 Å². The summed E-state index contributed by atoms with van der Waals surface area (Å²) in [6, 6.07) is 3.46. The van der Waals surface area contributed by atoms with Gasteiger partial charge in [0.05, 0.1) is 17.5 Å². The van der Waals surface area contributed by atoms with Crippen LogP contribution in [0.2, 0.25) is 0 Å². The molecule has 0 spiro atoms. The molecule has 1 amide bonds. The molecule has 0 unspecified atom stereocenters. The molecule has 5 nitrogen and oxygen atoms in total. The second kappa shape index (κ2) is 4.76. The molecule has 1 heterocycles. The molecule has 0 aromatic carbocycles. The molecule has 0 saturated heterocycles. The van der Waals surface area contributed by atoms with Crippen LogP contribution < -0.4 is 5.32 Å². The van der Waals surface area contributed by atoms with E-state index in [0.717, 1.165) is 25.0 Å². The third-order valence-electron chi connectivity index (χ3n) is 3.35. The number of nitrogens with zero attached hydrogens (tertiary/aromatic N) is 1. The van der Waals surface area contributed by atoms with Gasteiger partial charge >= 0.3 is 5.97 Å². The summed E-state index contributed by atoms with van der Waals surface area (Å²) in [7, 11) is 0. The second-order valence-corrected chi connectivity index (χ2v) is 4.85. The van der Waals surface area contributed by atoms with Gasteiger partial charge in [0.15, 0.2) is 0 Å². The summed E-state index contributed by atoms with van der Waals surface area (Å²) in [4.78, 5) is 26.9. The molecule has 1 aromatic rings. The Kier molecular flexibility index (Phi) is 3.32. The van der Waals surface area contributed by atoms with Gasteiger partial charge in [-0.15, -0.1) is 0 Å². The molecule has 2 rings (SSSR count). The number of rotatable bonds is 4. The molecule has 0 aliphatic heterocycles. The number of carboxylic acid groups (broad SMARTS) is 1. The van der Waals surface area contributed by atoms with Gasteiger partial charge in [-0.2, -0.15) is 0 Å². The summed E-state index contributed by atoms with van der Waals surface area (Å²) >= 11 is 0. The molecule has 0 bridgehead atoms. The lowest BCUT2D eigenvalue weighted by Crippen LogP contribution is -2.54. The van der Waals surface area contributed by atoms with Gasteiger partial charge in [0.1, 0.15) is 0 Å². The highest BCUT2D eigenvalue weighted by Gasteiger charge is 2.40. The van der Waals surface area contributed by atoms with Crippen molar-refractivity contribution in [3.63, 3.8) is 0 Å². The van der Waals surface area contributed by atoms with Crippen LogP contribution in [0.25, 0.3) is 0 Å². The van der Waals surface area contributed by atoms with Gasteiger partial charge in [0, 0.05) is 11.9 Å². The fourth-order valence-corrected chi connectivity index (χ4v) is 2.15. The Morgan fingerprint density at radius 3 is 2.61 bits per heavy atom. The minimum atomic E-state index is -0.878. The van der Waals surface area contributed by atoms with E-state index in [4.69, 9.17) is 5.11 Å². The van der Waals surface area contributed by atoms with E-state index in [1.54, 1.807) is 12.1 Å². The van der Waals surface area contributed by atoms with E-state index in [9.17, 15) is 9.59 Å². The van der Waals surface area contributed by atoms with E-state index in [2.05, 4.69) is 10.3 Å². The number of aliphatic carboxylic acids is 1. The summed E-state index contributed by atoms with van der Waals surface area (Å²) < 4.78 is 0. The number of carbonyl (C=O) groups excluding carboxylic acids is 1. The fourth-order valence-electron chi connectivity index (χ4n) is 2.15. The number of hydrogen-bond donors (Lipinski definition) is 2. The van der Waals surface area contributed by atoms with E-state index >= 15 is 0 Å². The smallest absolute Gasteiger partial charge is 0.305 e. The number of carbonyl (C=O) groups is 2. The van der Waals surface area contributed by atoms with Crippen LogP contribution in [0.5, 0.6) is 0 Å². The molecule has 1 aromatic heterocycles. The van der Waals surface area contributed by atoms with Gasteiger partial charge < -0.3 is 10.4 Å². The van der Waals surface area contributed by atoms with Crippen LogP contribution in [-0.4, -0.2) is 27.5 Å². The molecule has 1 fully saturated rings. The summed E-state index contributed by atoms with van der Waals surface area (Å²) in [5, 5.41) is 11.7. The summed E-state index contributed by atoms with van der Waals surface area (Å²) in [6.07, 6.45) is 3.91. The van der Waals surface area contributed by atoms with Crippen LogP contribution in [0, 0.1) is 6.92 Å². The first-order valence-electron chi connectivity index (χ1n) is 5.98. The first-order valence-corrected chi connectivity index (χ1v) is 5.98. The van der Waals surface area contributed by atoms with E-state index < -0.39 is 11.5 Å². The maximum absolute atomic E-state index is 12.0. The second-order valence-electron chi connectivity index (χ2n) is 4.85. The van der Waals surface area contributed by atoms with Crippen molar-refractivity contribution in [1.82, 2.24) is 10.3 Å². The highest BCUT2D eigenvalue weighted by Crippen LogP contribution is 2.35. The van der Waals surface area contributed by atoms with Crippen LogP contribution in [0.15, 0.2) is 18.3 Å². The summed E-state index contributed by atoms with van der Waals surface area (Å²) in [6.45, 7) is 1.85. The van der Waals surface area contributed by atoms with Crippen molar-refractivity contribution in [1.29, 1.82) is 0 Å². The Morgan fingerprint density at radius 1 is 1.44 bits per heavy atom. The standard InChI is InChI=1S/C13H16N2O3/c1-9-3-4-10(8-14-9)12(18)15-13(5-2-6-13)7-11(16)17/h3-4,8H,2,5-7H2,1H3,(H,15,18)(H,16,17). The molecular formula is C13H16N2O3. The number of aromatic nitrogens is 1. The molecule has 1 aliphatic carbocycles. The first-order chi connectivity index (χ1) is 8.51. The van der Waals surface area contributed by atoms with Crippen molar-refractivity contribution in [2.45, 2.75) is 38.1 Å². The van der Waals surface area contributed by atoms with E-state index in [1.807, 2.05) is 6.92 Å². The maximum Gasteiger partial charge on any atom is 0.305 e. The van der Waals surface area contributed by atoms with Crippen molar-refractivity contribution in [3.8, 4) is 0 Å². The first kappa shape index (κ1) is 12.5. The Bertz CT molecular complexity index is 464. The fraction of sp³-hybridized carbons (Fsp3) is 0.462. The summed E-state index contributed by atoms with van der Waals surface area (Å²) in [5.41, 5.74) is 0.751. The van der Waals surface area contributed by atoms with Gasteiger partial charge in [-0.25, -0.2) is 0 Å². The predicted molar refractivity (Wildman–Crippen MR) is 65.3 cm³/mol. The van der Waals surface area contributed by atoms with Crippen molar-refractivity contribution in [2.75, 3.05) is 0 Å². The van der Waals surface area contributed by atoms with E-state index in [1.165, 1.54) is 6.20 Å². The average Bonchev–Trinajstić information content (AvgIpc) is 2.26. The van der Waals surface area contributed by atoms with Crippen LogP contribution in [0.4, 0.5) is 0 Å². The number of amides is 1. The topological polar surface area (TPSA) is 79.3 Å². The largest absolute Gasteiger partial charge is 0.481 e. The lowest BCUT2D eigenvalue weighted by atomic mass is 9.74. The minimum absolute atomic E-state index is 0.0158. The van der Waals surface area contributed by atoms with E-state index in [0.29, 0.717) is 5.56 Å². The van der Waals surface area contributed by atoms with Gasteiger partial charge in [0.2, 0.25) is 0 Å². The normalized spacial score (nSPS) is 16.7. The van der Waals surface area contributed by atoms with E-state index in [-0.39, 0.29) is 12.3 Å². The van der Waals surface area contributed by atoms with Gasteiger partial charge in [-0.05, 0) is 38.3 Å². The third kappa shape index (κ3) is 2.67. The zero-order chi connectivity index (χ0) is 13.2. The minimum Gasteiger partial charge on any atom is -0.481 e. The van der Waals surface area contributed by atoms with Crippen molar-refractivity contribution in [3.05, 3.63) is 29.6 Å². The SMILES string of the molecule is Cc1ccc(C(=O)NC2(CC(=O)O)CCC2)cn1. The van der Waals surface area contributed by atoms with Crippen LogP contribution in [-0.2, 0) is 4.79 Å². The molecular weight excluding hydrogens is 232 g/mol. The van der Waals surface area contributed by atoms with Crippen LogP contribution >= 0.6 is 0 Å². The Balaban J connectivity index is 2.06. The zero-order valence-corrected chi connectivity index (χ0v) is 10.3. The lowest BCUT2D eigenvalue weighted by Gasteiger charge is -2.41. The van der Waals surface area contributed by atoms with Gasteiger partial charge in [-0.1, -0.05) is 0 Å². The Labute approximate surface area is 105 Å². The molecule has 96 valence electrons. The molecule has 0 atom stereocenters. The van der Waals surface area contributed by atoms with Gasteiger partial charge in [0.25, 0.3) is 5.91 Å². The van der Waals surface area contributed by atoms with Crippen LogP contribution in [0.3, 0.4) is 0 Å². The molecule has 1 aliphatic rings. The molecule has 18 heavy (non-hydrogen) atoms. The predicted octanol–water partition coefficient (Wildman–Crippen LogP) is 1.52. The quantitative estimate of drug-likeness (QED) is 0.846. The number of aryl methyl sites for hydroxylation is 1. The Morgan fingerprint density at radius 2 is 2.17 bits per heavy atom. The Hall–Kier alpha value is -1.91. The summed E-state index contributed by atoms with van der Waals surface area (Å²) in [5.74, 6) is -1.12. The van der Waals surface area contributed by atoms with Crippen LogP contribution in [0.1, 0.15) is 41.7 Å². The van der Waals surface area contributed by atoms with Crippen molar-refractivity contribution < 1.29 is 14.7 Å². The molecule has 0 radical (unpaired) electrons. The highest BCUT2D eigenvalue weighted by molar-refractivity contribution is 5.94. The lowest BCUT2D eigenvalue weighted by molar-refractivity contribution is -0.139. The highest BCUT2D eigenvalue weighted by atomic mass is 16.4.